The maximum absolute atomic E-state index is 11.8. The van der Waals surface area contributed by atoms with Gasteiger partial charge in [-0.3, -0.25) is 9.59 Å². The fourth-order valence-electron chi connectivity index (χ4n) is 1.88. The van der Waals surface area contributed by atoms with Crippen molar-refractivity contribution in [1.29, 1.82) is 0 Å². The zero-order valence-electron chi connectivity index (χ0n) is 13.6. The van der Waals surface area contributed by atoms with Crippen LogP contribution in [0.2, 0.25) is 5.02 Å². The van der Waals surface area contributed by atoms with E-state index in [-0.39, 0.29) is 0 Å². The number of benzene rings is 2. The Balaban J connectivity index is 1.98. The van der Waals surface area contributed by atoms with Gasteiger partial charge in [-0.25, -0.2) is 5.43 Å². The van der Waals surface area contributed by atoms with Crippen LogP contribution in [0.1, 0.15) is 5.56 Å². The maximum Gasteiger partial charge on any atom is 0.329 e. The minimum absolute atomic E-state index is 0.329. The highest BCUT2D eigenvalue weighted by atomic mass is 35.5. The third kappa shape index (κ3) is 4.95. The van der Waals surface area contributed by atoms with E-state index in [4.69, 9.17) is 21.1 Å². The number of amides is 2. The number of rotatable bonds is 5. The Morgan fingerprint density at radius 2 is 1.84 bits per heavy atom. The van der Waals surface area contributed by atoms with Crippen molar-refractivity contribution in [2.24, 2.45) is 5.10 Å². The summed E-state index contributed by atoms with van der Waals surface area (Å²) in [5, 5.41) is 6.48. The molecule has 0 atom stereocenters. The van der Waals surface area contributed by atoms with Gasteiger partial charge in [0.1, 0.15) is 11.5 Å². The van der Waals surface area contributed by atoms with Crippen LogP contribution in [-0.4, -0.2) is 32.2 Å². The van der Waals surface area contributed by atoms with E-state index in [1.165, 1.54) is 13.3 Å². The first-order valence-electron chi connectivity index (χ1n) is 7.16. The first-order chi connectivity index (χ1) is 12.0. The highest BCUT2D eigenvalue weighted by molar-refractivity contribution is 6.41. The van der Waals surface area contributed by atoms with Crippen molar-refractivity contribution >= 4 is 35.3 Å². The van der Waals surface area contributed by atoms with Crippen LogP contribution >= 0.6 is 11.6 Å². The third-order valence-electron chi connectivity index (χ3n) is 3.14. The Morgan fingerprint density at radius 1 is 1.08 bits per heavy atom. The molecule has 0 saturated heterocycles. The fraction of sp³-hybridized carbons (Fsp3) is 0.118. The molecule has 2 aromatic rings. The number of hydrazone groups is 1. The number of carbonyl (C=O) groups excluding carboxylic acids is 2. The van der Waals surface area contributed by atoms with Crippen LogP contribution in [0, 0.1) is 0 Å². The molecule has 7 nitrogen and oxygen atoms in total. The number of halogens is 1. The minimum Gasteiger partial charge on any atom is -0.497 e. The Morgan fingerprint density at radius 3 is 2.52 bits per heavy atom. The molecule has 0 aliphatic rings. The summed E-state index contributed by atoms with van der Waals surface area (Å²) in [4.78, 5) is 23.6. The molecule has 0 aliphatic carbocycles. The second-order valence-electron chi connectivity index (χ2n) is 4.74. The van der Waals surface area contributed by atoms with Gasteiger partial charge in [0.15, 0.2) is 0 Å². The number of methoxy groups -OCH3 is 2. The van der Waals surface area contributed by atoms with Gasteiger partial charge in [-0.1, -0.05) is 23.7 Å². The quantitative estimate of drug-likeness (QED) is 0.486. The summed E-state index contributed by atoms with van der Waals surface area (Å²) in [6, 6.07) is 11.7. The summed E-state index contributed by atoms with van der Waals surface area (Å²) in [6.45, 7) is 0. The Labute approximate surface area is 149 Å². The summed E-state index contributed by atoms with van der Waals surface area (Å²) in [5.41, 5.74) is 3.08. The minimum atomic E-state index is -0.927. The van der Waals surface area contributed by atoms with Crippen molar-refractivity contribution < 1.29 is 19.1 Å². The van der Waals surface area contributed by atoms with E-state index < -0.39 is 11.8 Å². The second-order valence-corrected chi connectivity index (χ2v) is 5.15. The molecule has 0 unspecified atom stereocenters. The van der Waals surface area contributed by atoms with Crippen LogP contribution in [0.3, 0.4) is 0 Å². The van der Waals surface area contributed by atoms with Crippen molar-refractivity contribution in [3.05, 3.63) is 53.1 Å². The zero-order valence-corrected chi connectivity index (χ0v) is 14.3. The lowest BCUT2D eigenvalue weighted by atomic mass is 10.2. The molecule has 130 valence electrons. The van der Waals surface area contributed by atoms with Crippen LogP contribution in [0.4, 0.5) is 5.69 Å². The van der Waals surface area contributed by atoms with Gasteiger partial charge < -0.3 is 14.8 Å². The molecule has 0 aliphatic heterocycles. The number of nitrogens with one attached hydrogen (secondary N) is 2. The first kappa shape index (κ1) is 18.3. The van der Waals surface area contributed by atoms with E-state index in [2.05, 4.69) is 15.8 Å². The van der Waals surface area contributed by atoms with Crippen LogP contribution in [-0.2, 0) is 9.59 Å². The SMILES string of the molecule is COc1ccc(/C=N/NC(=O)C(=O)Nc2ccccc2Cl)c(OC)c1. The maximum atomic E-state index is 11.8. The lowest BCUT2D eigenvalue weighted by molar-refractivity contribution is -0.136. The van der Waals surface area contributed by atoms with E-state index in [1.54, 1.807) is 49.6 Å². The molecule has 2 aromatic carbocycles. The lowest BCUT2D eigenvalue weighted by Crippen LogP contribution is -2.32. The summed E-state index contributed by atoms with van der Waals surface area (Å²) >= 11 is 5.92. The average Bonchev–Trinajstić information content (AvgIpc) is 2.63. The Kier molecular flexibility index (Phi) is 6.36. The predicted octanol–water partition coefficient (Wildman–Crippen LogP) is 2.45. The van der Waals surface area contributed by atoms with Crippen molar-refractivity contribution in [2.45, 2.75) is 0 Å². The zero-order chi connectivity index (χ0) is 18.2. The van der Waals surface area contributed by atoms with Gasteiger partial charge in [-0.2, -0.15) is 5.10 Å². The molecule has 0 spiro atoms. The van der Waals surface area contributed by atoms with Crippen LogP contribution < -0.4 is 20.2 Å². The lowest BCUT2D eigenvalue weighted by Gasteiger charge is -2.07. The number of anilines is 1. The van der Waals surface area contributed by atoms with E-state index in [0.717, 1.165) is 0 Å². The van der Waals surface area contributed by atoms with Gasteiger partial charge in [-0.05, 0) is 24.3 Å². The predicted molar refractivity (Wildman–Crippen MR) is 95.4 cm³/mol. The van der Waals surface area contributed by atoms with E-state index >= 15 is 0 Å². The smallest absolute Gasteiger partial charge is 0.329 e. The van der Waals surface area contributed by atoms with Gasteiger partial charge in [0.05, 0.1) is 31.1 Å². The van der Waals surface area contributed by atoms with Gasteiger partial charge in [0.2, 0.25) is 0 Å². The summed E-state index contributed by atoms with van der Waals surface area (Å²) < 4.78 is 10.3. The molecule has 0 radical (unpaired) electrons. The van der Waals surface area contributed by atoms with Gasteiger partial charge in [0.25, 0.3) is 0 Å². The molecular weight excluding hydrogens is 346 g/mol. The molecular formula is C17H16ClN3O4. The molecule has 2 amide bonds. The number of ether oxygens (including phenoxy) is 2. The van der Waals surface area contributed by atoms with Crippen molar-refractivity contribution in [2.75, 3.05) is 19.5 Å². The molecule has 25 heavy (non-hydrogen) atoms. The van der Waals surface area contributed by atoms with Gasteiger partial charge >= 0.3 is 11.8 Å². The monoisotopic (exact) mass is 361 g/mol. The fourth-order valence-corrected chi connectivity index (χ4v) is 2.06. The topological polar surface area (TPSA) is 89.0 Å². The van der Waals surface area contributed by atoms with Crippen molar-refractivity contribution in [3.63, 3.8) is 0 Å². The molecule has 2 rings (SSSR count). The van der Waals surface area contributed by atoms with E-state index in [0.29, 0.717) is 27.8 Å². The third-order valence-corrected chi connectivity index (χ3v) is 3.47. The second kappa shape index (κ2) is 8.70. The molecule has 0 bridgehead atoms. The Hall–Kier alpha value is -3.06. The van der Waals surface area contributed by atoms with Crippen LogP contribution in [0.25, 0.3) is 0 Å². The molecule has 0 saturated carbocycles. The normalized spacial score (nSPS) is 10.4. The standard InChI is InChI=1S/C17H16ClN3O4/c1-24-12-8-7-11(15(9-12)25-2)10-19-21-17(23)16(22)20-14-6-4-3-5-13(14)18/h3-10H,1-2H3,(H,20,22)(H,21,23)/b19-10+. The molecule has 8 heteroatoms. The average molecular weight is 362 g/mol. The number of carbonyl (C=O) groups is 2. The van der Waals surface area contributed by atoms with Gasteiger partial charge in [0, 0.05) is 11.6 Å². The van der Waals surface area contributed by atoms with Crippen molar-refractivity contribution in [1.82, 2.24) is 5.43 Å². The van der Waals surface area contributed by atoms with Gasteiger partial charge in [-0.15, -0.1) is 0 Å². The molecule has 0 aromatic heterocycles. The van der Waals surface area contributed by atoms with Crippen LogP contribution in [0.5, 0.6) is 11.5 Å². The highest BCUT2D eigenvalue weighted by Gasteiger charge is 2.14. The number of hydrogen-bond donors (Lipinski definition) is 2. The Bertz CT molecular complexity index is 808. The van der Waals surface area contributed by atoms with Crippen LogP contribution in [0.15, 0.2) is 47.6 Å². The summed E-state index contributed by atoms with van der Waals surface area (Å²) in [7, 11) is 3.04. The highest BCUT2D eigenvalue weighted by Crippen LogP contribution is 2.23. The number of hydrogen-bond acceptors (Lipinski definition) is 5. The number of nitrogens with zero attached hydrogens (tertiary/aromatic N) is 1. The summed E-state index contributed by atoms with van der Waals surface area (Å²) in [5.74, 6) is -0.675. The molecule has 2 N–H and O–H groups in total. The molecule has 0 heterocycles. The largest absolute Gasteiger partial charge is 0.497 e. The van der Waals surface area contributed by atoms with E-state index in [1.807, 2.05) is 0 Å². The van der Waals surface area contributed by atoms with E-state index in [9.17, 15) is 9.59 Å². The molecule has 0 fully saturated rings. The van der Waals surface area contributed by atoms with Crippen molar-refractivity contribution in [3.8, 4) is 11.5 Å². The first-order valence-corrected chi connectivity index (χ1v) is 7.54. The summed E-state index contributed by atoms with van der Waals surface area (Å²) in [6.07, 6.45) is 1.36. The number of para-hydroxylation sites is 1.